The molecule has 2 aromatic rings. The standard InChI is InChI=1S/C12H10IN3O3/c1-16-6-8(5-14-16)11(17)15-10-3-7(12(18)19)2-9(13)4-10/h2-6H,1H3,(H,15,17)(H,18,19). The number of aryl methyl sites for hydroxylation is 1. The fourth-order valence-corrected chi connectivity index (χ4v) is 2.20. The molecule has 98 valence electrons. The maximum Gasteiger partial charge on any atom is 0.335 e. The zero-order valence-corrected chi connectivity index (χ0v) is 12.1. The van der Waals surface area contributed by atoms with Gasteiger partial charge in [0.15, 0.2) is 0 Å². The van der Waals surface area contributed by atoms with Crippen molar-refractivity contribution in [2.75, 3.05) is 5.32 Å². The number of anilines is 1. The first-order valence-corrected chi connectivity index (χ1v) is 6.37. The van der Waals surface area contributed by atoms with Gasteiger partial charge < -0.3 is 10.4 Å². The molecule has 0 saturated heterocycles. The van der Waals surface area contributed by atoms with E-state index < -0.39 is 5.97 Å². The van der Waals surface area contributed by atoms with E-state index >= 15 is 0 Å². The third kappa shape index (κ3) is 3.31. The predicted molar refractivity (Wildman–Crippen MR) is 77.3 cm³/mol. The average Bonchev–Trinajstić information content (AvgIpc) is 2.75. The highest BCUT2D eigenvalue weighted by Crippen LogP contribution is 2.17. The smallest absolute Gasteiger partial charge is 0.335 e. The largest absolute Gasteiger partial charge is 0.478 e. The third-order valence-electron chi connectivity index (χ3n) is 2.37. The van der Waals surface area contributed by atoms with Crippen molar-refractivity contribution in [1.29, 1.82) is 0 Å². The molecule has 6 nitrogen and oxygen atoms in total. The highest BCUT2D eigenvalue weighted by atomic mass is 127. The number of aromatic nitrogens is 2. The zero-order chi connectivity index (χ0) is 14.0. The minimum atomic E-state index is -1.03. The van der Waals surface area contributed by atoms with Crippen LogP contribution in [0.4, 0.5) is 5.69 Å². The summed E-state index contributed by atoms with van der Waals surface area (Å²) in [6.45, 7) is 0. The molecule has 0 fully saturated rings. The molecular formula is C12H10IN3O3. The molecule has 0 atom stereocenters. The molecule has 0 bridgehead atoms. The van der Waals surface area contributed by atoms with Gasteiger partial charge in [0.1, 0.15) is 0 Å². The van der Waals surface area contributed by atoms with E-state index in [0.29, 0.717) is 11.3 Å². The van der Waals surface area contributed by atoms with Crippen LogP contribution < -0.4 is 5.32 Å². The highest BCUT2D eigenvalue weighted by Gasteiger charge is 2.11. The van der Waals surface area contributed by atoms with Crippen molar-refractivity contribution < 1.29 is 14.7 Å². The summed E-state index contributed by atoms with van der Waals surface area (Å²) in [6.07, 6.45) is 3.03. The molecule has 2 N–H and O–H groups in total. The Morgan fingerprint density at radius 2 is 2.05 bits per heavy atom. The Hall–Kier alpha value is -1.90. The molecule has 0 aliphatic rings. The van der Waals surface area contributed by atoms with Crippen LogP contribution in [0.5, 0.6) is 0 Å². The summed E-state index contributed by atoms with van der Waals surface area (Å²) in [6, 6.07) is 4.64. The molecule has 1 heterocycles. The number of nitrogens with zero attached hydrogens (tertiary/aromatic N) is 2. The van der Waals surface area contributed by atoms with E-state index in [1.807, 2.05) is 22.6 Å². The van der Waals surface area contributed by atoms with Gasteiger partial charge in [-0.1, -0.05) is 0 Å². The van der Waals surface area contributed by atoms with Gasteiger partial charge in [-0.15, -0.1) is 0 Å². The number of hydrogen-bond donors (Lipinski definition) is 2. The lowest BCUT2D eigenvalue weighted by Gasteiger charge is -2.05. The van der Waals surface area contributed by atoms with Crippen molar-refractivity contribution >= 4 is 40.2 Å². The van der Waals surface area contributed by atoms with Crippen LogP contribution in [-0.2, 0) is 7.05 Å². The molecule has 0 aliphatic heterocycles. The summed E-state index contributed by atoms with van der Waals surface area (Å²) >= 11 is 2.00. The maximum absolute atomic E-state index is 11.9. The summed E-state index contributed by atoms with van der Waals surface area (Å²) in [5.74, 6) is -1.36. The lowest BCUT2D eigenvalue weighted by Crippen LogP contribution is -2.12. The molecule has 0 unspecified atom stereocenters. The number of rotatable bonds is 3. The summed E-state index contributed by atoms with van der Waals surface area (Å²) in [5.41, 5.74) is 0.991. The van der Waals surface area contributed by atoms with Crippen LogP contribution in [0.15, 0.2) is 30.6 Å². The number of hydrogen-bond acceptors (Lipinski definition) is 3. The summed E-state index contributed by atoms with van der Waals surface area (Å²) < 4.78 is 2.26. The Kier molecular flexibility index (Phi) is 3.84. The molecular weight excluding hydrogens is 361 g/mol. The van der Waals surface area contributed by atoms with Crippen molar-refractivity contribution in [2.45, 2.75) is 0 Å². The van der Waals surface area contributed by atoms with Crippen LogP contribution in [-0.4, -0.2) is 26.8 Å². The topological polar surface area (TPSA) is 84.2 Å². The van der Waals surface area contributed by atoms with Gasteiger partial charge in [0.25, 0.3) is 5.91 Å². The summed E-state index contributed by atoms with van der Waals surface area (Å²) in [7, 11) is 1.71. The first kappa shape index (κ1) is 13.5. The maximum atomic E-state index is 11.9. The van der Waals surface area contributed by atoms with Gasteiger partial charge in [0.05, 0.1) is 17.3 Å². The number of carboxylic acid groups (broad SMARTS) is 1. The van der Waals surface area contributed by atoms with Crippen molar-refractivity contribution in [3.8, 4) is 0 Å². The number of halogens is 1. The predicted octanol–water partition coefficient (Wildman–Crippen LogP) is 1.98. The fourth-order valence-electron chi connectivity index (χ4n) is 1.53. The second kappa shape index (κ2) is 5.39. The Balaban J connectivity index is 2.23. The highest BCUT2D eigenvalue weighted by molar-refractivity contribution is 14.1. The van der Waals surface area contributed by atoms with Gasteiger partial charge in [-0.3, -0.25) is 9.48 Å². The Morgan fingerprint density at radius 3 is 2.63 bits per heavy atom. The number of carbonyl (C=O) groups is 2. The molecule has 19 heavy (non-hydrogen) atoms. The van der Waals surface area contributed by atoms with E-state index in [0.717, 1.165) is 3.57 Å². The normalized spacial score (nSPS) is 10.2. The molecule has 0 spiro atoms. The summed E-state index contributed by atoms with van der Waals surface area (Å²) in [4.78, 5) is 22.8. The molecule has 2 rings (SSSR count). The Morgan fingerprint density at radius 1 is 1.32 bits per heavy atom. The van der Waals surface area contributed by atoms with Gasteiger partial charge in [-0.2, -0.15) is 5.10 Å². The quantitative estimate of drug-likeness (QED) is 0.809. The van der Waals surface area contributed by atoms with Gasteiger partial charge in [-0.05, 0) is 40.8 Å². The van der Waals surface area contributed by atoms with Crippen molar-refractivity contribution in [1.82, 2.24) is 9.78 Å². The number of amides is 1. The van der Waals surface area contributed by atoms with Crippen LogP contribution in [0.25, 0.3) is 0 Å². The van der Waals surface area contributed by atoms with Gasteiger partial charge in [0, 0.05) is 22.5 Å². The molecule has 1 aromatic carbocycles. The molecule has 7 heteroatoms. The van der Waals surface area contributed by atoms with Crippen molar-refractivity contribution in [2.24, 2.45) is 7.05 Å². The second-order valence-corrected chi connectivity index (χ2v) is 5.14. The number of nitrogens with one attached hydrogen (secondary N) is 1. The minimum absolute atomic E-state index is 0.133. The first-order chi connectivity index (χ1) is 8.95. The number of benzene rings is 1. The monoisotopic (exact) mass is 371 g/mol. The van der Waals surface area contributed by atoms with E-state index in [9.17, 15) is 9.59 Å². The number of aromatic carboxylic acids is 1. The minimum Gasteiger partial charge on any atom is -0.478 e. The molecule has 0 aliphatic carbocycles. The van der Waals surface area contributed by atoms with Gasteiger partial charge >= 0.3 is 5.97 Å². The van der Waals surface area contributed by atoms with E-state index in [-0.39, 0.29) is 11.5 Å². The Labute approximate surface area is 122 Å². The lowest BCUT2D eigenvalue weighted by atomic mass is 10.2. The molecule has 1 aromatic heterocycles. The molecule has 1 amide bonds. The van der Waals surface area contributed by atoms with Gasteiger partial charge in [0.2, 0.25) is 0 Å². The zero-order valence-electron chi connectivity index (χ0n) is 9.92. The van der Waals surface area contributed by atoms with Crippen LogP contribution in [0.2, 0.25) is 0 Å². The summed E-state index contributed by atoms with van der Waals surface area (Å²) in [5, 5.41) is 15.5. The third-order valence-corrected chi connectivity index (χ3v) is 2.99. The van der Waals surface area contributed by atoms with E-state index in [1.54, 1.807) is 19.3 Å². The first-order valence-electron chi connectivity index (χ1n) is 5.29. The Bertz CT molecular complexity index is 651. The van der Waals surface area contributed by atoms with Crippen molar-refractivity contribution in [3.63, 3.8) is 0 Å². The van der Waals surface area contributed by atoms with E-state index in [4.69, 9.17) is 5.11 Å². The van der Waals surface area contributed by atoms with Crippen LogP contribution in [0.3, 0.4) is 0 Å². The molecule has 0 radical (unpaired) electrons. The van der Waals surface area contributed by atoms with Crippen LogP contribution in [0, 0.1) is 3.57 Å². The molecule has 0 saturated carbocycles. The second-order valence-electron chi connectivity index (χ2n) is 3.89. The SMILES string of the molecule is Cn1cc(C(=O)Nc2cc(I)cc(C(=O)O)c2)cn1. The van der Waals surface area contributed by atoms with Crippen LogP contribution >= 0.6 is 22.6 Å². The van der Waals surface area contributed by atoms with Crippen LogP contribution in [0.1, 0.15) is 20.7 Å². The van der Waals surface area contributed by atoms with Gasteiger partial charge in [-0.25, -0.2) is 4.79 Å². The van der Waals surface area contributed by atoms with E-state index in [1.165, 1.54) is 23.0 Å². The van der Waals surface area contributed by atoms with Crippen molar-refractivity contribution in [3.05, 3.63) is 45.3 Å². The lowest BCUT2D eigenvalue weighted by molar-refractivity contribution is 0.0696. The average molecular weight is 371 g/mol. The number of carboxylic acids is 1. The van der Waals surface area contributed by atoms with E-state index in [2.05, 4.69) is 10.4 Å². The number of carbonyl (C=O) groups excluding carboxylic acids is 1. The fraction of sp³-hybridized carbons (Fsp3) is 0.0833.